The molecule has 73 heavy (non-hydrogen) atoms. The van der Waals surface area contributed by atoms with Crippen LogP contribution in [0.15, 0.2) is 72.2 Å². The third-order valence-corrected chi connectivity index (χ3v) is 17.3. The van der Waals surface area contributed by atoms with Crippen molar-refractivity contribution in [1.29, 1.82) is 5.26 Å². The Balaban J connectivity index is 0.898. The SMILES string of the molecule is Cc1ncsc1-c1ccc([C@H](C)NC(=O)[C@@H]2C[C@@H](O)CN2C(=O)[C@@H](NC(=O)C(CCCc2ccc(C(=O)NC3C(C)(C)C(Oc4ccc(C#N)c(Cl)c4)C3(C)C)cc2)CN2C3CCC2CNC3)C(C)(C)C)cc1. The van der Waals surface area contributed by atoms with Gasteiger partial charge in [0.05, 0.1) is 44.7 Å². The Morgan fingerprint density at radius 1 is 0.986 bits per heavy atom. The lowest BCUT2D eigenvalue weighted by Gasteiger charge is -2.63. The van der Waals surface area contributed by atoms with Crippen LogP contribution in [0.2, 0.25) is 5.02 Å². The molecule has 1 aromatic heterocycles. The fourth-order valence-corrected chi connectivity index (χ4v) is 13.2. The number of carbonyl (C=O) groups excluding carboxylic acids is 4. The number of carbonyl (C=O) groups is 4. The van der Waals surface area contributed by atoms with Gasteiger partial charge in [0.25, 0.3) is 5.91 Å². The molecule has 16 heteroatoms. The van der Waals surface area contributed by atoms with Crippen LogP contribution in [0.4, 0.5) is 0 Å². The fourth-order valence-electron chi connectivity index (χ4n) is 12.2. The van der Waals surface area contributed by atoms with E-state index in [2.05, 4.69) is 64.9 Å². The van der Waals surface area contributed by atoms with E-state index in [9.17, 15) is 29.5 Å². The predicted octanol–water partition coefficient (Wildman–Crippen LogP) is 8.00. The molecule has 3 aliphatic heterocycles. The van der Waals surface area contributed by atoms with Gasteiger partial charge in [0.1, 0.15) is 30.0 Å². The van der Waals surface area contributed by atoms with E-state index in [1.165, 1.54) is 4.90 Å². The highest BCUT2D eigenvalue weighted by atomic mass is 35.5. The van der Waals surface area contributed by atoms with Crippen LogP contribution in [-0.4, -0.2) is 112 Å². The summed E-state index contributed by atoms with van der Waals surface area (Å²) >= 11 is 7.88. The van der Waals surface area contributed by atoms with E-state index in [4.69, 9.17) is 16.3 Å². The Bertz CT molecular complexity index is 2660. The average Bonchev–Trinajstić information content (AvgIpc) is 4.02. The number of nitrogens with one attached hydrogen (secondary N) is 4. The van der Waals surface area contributed by atoms with Crippen molar-refractivity contribution in [3.8, 4) is 22.3 Å². The van der Waals surface area contributed by atoms with Crippen molar-refractivity contribution in [2.45, 2.75) is 149 Å². The Morgan fingerprint density at radius 3 is 2.26 bits per heavy atom. The minimum atomic E-state index is -0.946. The molecule has 0 radical (unpaired) electrons. The molecule has 0 spiro atoms. The highest BCUT2D eigenvalue weighted by molar-refractivity contribution is 7.13. The number of nitrogens with zero attached hydrogens (tertiary/aromatic N) is 4. The van der Waals surface area contributed by atoms with Crippen LogP contribution in [0.25, 0.3) is 10.4 Å². The number of amides is 4. The molecule has 4 heterocycles. The number of thiazole rings is 1. The van der Waals surface area contributed by atoms with E-state index < -0.39 is 40.4 Å². The lowest BCUT2D eigenvalue weighted by molar-refractivity contribution is -0.164. The smallest absolute Gasteiger partial charge is 0.251 e. The third-order valence-electron chi connectivity index (χ3n) is 16.0. The van der Waals surface area contributed by atoms with Crippen molar-refractivity contribution in [2.75, 3.05) is 26.2 Å². The molecule has 8 rings (SSSR count). The molecule has 5 N–H and O–H groups in total. The maximum absolute atomic E-state index is 14.7. The molecule has 4 aromatic rings. The number of piperazine rings is 1. The Kier molecular flexibility index (Phi) is 16.1. The van der Waals surface area contributed by atoms with Gasteiger partial charge in [0.15, 0.2) is 0 Å². The summed E-state index contributed by atoms with van der Waals surface area (Å²) in [5.41, 5.74) is 5.22. The molecule has 3 aromatic carbocycles. The fraction of sp³-hybridized carbons (Fsp3) is 0.544. The molecule has 4 aliphatic rings. The first-order chi connectivity index (χ1) is 34.6. The van der Waals surface area contributed by atoms with Crippen LogP contribution in [0.3, 0.4) is 0 Å². The van der Waals surface area contributed by atoms with Crippen molar-refractivity contribution in [1.82, 2.24) is 36.1 Å². The van der Waals surface area contributed by atoms with E-state index in [1.807, 2.05) is 88.7 Å². The second-order valence-electron chi connectivity index (χ2n) is 23.1. The summed E-state index contributed by atoms with van der Waals surface area (Å²) < 4.78 is 6.42. The van der Waals surface area contributed by atoms with Crippen molar-refractivity contribution in [3.05, 3.63) is 105 Å². The molecule has 390 valence electrons. The van der Waals surface area contributed by atoms with Crippen LogP contribution in [-0.2, 0) is 20.8 Å². The van der Waals surface area contributed by atoms with E-state index in [1.54, 1.807) is 29.5 Å². The maximum Gasteiger partial charge on any atom is 0.251 e. The Morgan fingerprint density at radius 2 is 1.66 bits per heavy atom. The normalized spacial score (nSPS) is 24.4. The number of aryl methyl sites for hydroxylation is 2. The summed E-state index contributed by atoms with van der Waals surface area (Å²) in [6.07, 6.45) is 3.13. The molecule has 4 fully saturated rings. The standard InChI is InChI=1S/C57H73ClN8O6S/c1-33(36-17-19-37(20-18-36)47-34(2)61-32-73-47)62-51(70)46-25-43(67)31-66(46)52(71)48(55(3,4)5)63-50(69)40(30-65-41-22-23-42(65)29-60-28-41)12-10-11-35-13-15-38(16-14-35)49(68)64-53-56(6,7)54(57(53,8)9)72-44-24-21-39(27-59)45(58)26-44/h13-21,24,26,32-33,40-43,46,48,53-54,60,67H,10-12,22-23,25,28-31H2,1-9H3,(H,62,70)(H,63,69)(H,64,68)/t33-,40?,41?,42?,43+,46-,48+,53?,54?/m0/s1. The topological polar surface area (TPSA) is 189 Å². The molecule has 7 atom stereocenters. The van der Waals surface area contributed by atoms with Gasteiger partial charge in [-0.1, -0.05) is 96.5 Å². The molecule has 1 saturated carbocycles. The molecule has 4 amide bonds. The van der Waals surface area contributed by atoms with Crippen molar-refractivity contribution in [2.24, 2.45) is 22.2 Å². The van der Waals surface area contributed by atoms with Gasteiger partial charge in [-0.05, 0) is 92.3 Å². The highest BCUT2D eigenvalue weighted by Crippen LogP contribution is 2.55. The average molecular weight is 1030 g/mol. The quantitative estimate of drug-likeness (QED) is 0.0694. The van der Waals surface area contributed by atoms with Crippen molar-refractivity contribution >= 4 is 46.6 Å². The first kappa shape index (κ1) is 53.9. The van der Waals surface area contributed by atoms with Gasteiger partial charge < -0.3 is 36.0 Å². The lowest BCUT2D eigenvalue weighted by Crippen LogP contribution is -2.74. The van der Waals surface area contributed by atoms with Crippen LogP contribution in [0.1, 0.15) is 126 Å². The number of aliphatic hydroxyl groups excluding tert-OH is 1. The number of aromatic nitrogens is 1. The Labute approximate surface area is 440 Å². The van der Waals surface area contributed by atoms with Gasteiger partial charge >= 0.3 is 0 Å². The number of benzene rings is 3. The summed E-state index contributed by atoms with van der Waals surface area (Å²) in [6, 6.07) is 21.1. The van der Waals surface area contributed by atoms with E-state index in [0.29, 0.717) is 59.8 Å². The van der Waals surface area contributed by atoms with Crippen LogP contribution in [0, 0.1) is 40.4 Å². The zero-order valence-corrected chi connectivity index (χ0v) is 45.3. The second-order valence-corrected chi connectivity index (χ2v) is 24.4. The summed E-state index contributed by atoms with van der Waals surface area (Å²) in [6.45, 7) is 20.3. The number of fused-ring (bicyclic) bond motifs is 2. The van der Waals surface area contributed by atoms with Gasteiger partial charge in [-0.25, -0.2) is 4.98 Å². The summed E-state index contributed by atoms with van der Waals surface area (Å²) in [4.78, 5) is 66.6. The zero-order chi connectivity index (χ0) is 52.6. The molecular weight excluding hydrogens is 960 g/mol. The van der Waals surface area contributed by atoms with Crippen molar-refractivity contribution in [3.63, 3.8) is 0 Å². The number of hydrogen-bond donors (Lipinski definition) is 5. The number of ether oxygens (including phenoxy) is 1. The van der Waals surface area contributed by atoms with Crippen LogP contribution < -0.4 is 26.0 Å². The first-order valence-electron chi connectivity index (χ1n) is 25.9. The summed E-state index contributed by atoms with van der Waals surface area (Å²) in [7, 11) is 0. The molecule has 1 aliphatic carbocycles. The number of aliphatic hydroxyl groups is 1. The third kappa shape index (κ3) is 11.6. The van der Waals surface area contributed by atoms with Gasteiger partial charge in [-0.3, -0.25) is 24.1 Å². The molecule has 3 unspecified atom stereocenters. The van der Waals surface area contributed by atoms with E-state index >= 15 is 0 Å². The first-order valence-corrected chi connectivity index (χ1v) is 27.1. The largest absolute Gasteiger partial charge is 0.489 e. The van der Waals surface area contributed by atoms with Crippen LogP contribution >= 0.6 is 22.9 Å². The molecule has 2 bridgehead atoms. The van der Waals surface area contributed by atoms with E-state index in [0.717, 1.165) is 53.2 Å². The number of rotatable bonds is 17. The number of likely N-dealkylation sites (tertiary alicyclic amines) is 1. The predicted molar refractivity (Wildman–Crippen MR) is 285 cm³/mol. The van der Waals surface area contributed by atoms with E-state index in [-0.39, 0.29) is 54.8 Å². The number of hydrogen-bond acceptors (Lipinski definition) is 11. The summed E-state index contributed by atoms with van der Waals surface area (Å²) in [5.74, 6) is -0.930. The maximum atomic E-state index is 14.7. The number of β-amino-alcohol motifs (C(OH)–C–C–N with tert-alkyl or cyclic N) is 1. The lowest BCUT2D eigenvalue weighted by atomic mass is 9.49. The minimum absolute atomic E-state index is 0.00623. The number of nitriles is 1. The van der Waals surface area contributed by atoms with Crippen LogP contribution in [0.5, 0.6) is 5.75 Å². The minimum Gasteiger partial charge on any atom is -0.489 e. The number of halogens is 1. The Hall–Kier alpha value is -5.37. The molecule has 14 nitrogen and oxygen atoms in total. The monoisotopic (exact) mass is 1030 g/mol. The molecular formula is C57H73ClN8O6S. The van der Waals surface area contributed by atoms with Gasteiger partial charge in [-0.2, -0.15) is 5.26 Å². The second kappa shape index (κ2) is 21.8. The summed E-state index contributed by atoms with van der Waals surface area (Å²) in [5, 5.41) is 33.7. The van der Waals surface area contributed by atoms with Gasteiger partial charge in [0.2, 0.25) is 17.7 Å². The van der Waals surface area contributed by atoms with Gasteiger partial charge in [-0.15, -0.1) is 11.3 Å². The highest BCUT2D eigenvalue weighted by Gasteiger charge is 2.64. The van der Waals surface area contributed by atoms with Crippen molar-refractivity contribution < 1.29 is 29.0 Å². The zero-order valence-electron chi connectivity index (χ0n) is 43.8. The molecule has 3 saturated heterocycles. The van der Waals surface area contributed by atoms with Gasteiger partial charge in [0, 0.05) is 73.2 Å².